The van der Waals surface area contributed by atoms with Crippen LogP contribution in [0.5, 0.6) is 0 Å². The van der Waals surface area contributed by atoms with Gasteiger partial charge in [-0.05, 0) is 31.7 Å². The van der Waals surface area contributed by atoms with Crippen LogP contribution in [-0.4, -0.2) is 29.6 Å². The Bertz CT molecular complexity index is 353. The van der Waals surface area contributed by atoms with Crippen LogP contribution in [0.25, 0.3) is 0 Å². The van der Waals surface area contributed by atoms with E-state index in [2.05, 4.69) is 21.8 Å². The number of anilines is 1. The number of aromatic nitrogens is 2. The molecule has 1 aromatic heterocycles. The van der Waals surface area contributed by atoms with Gasteiger partial charge in [-0.25, -0.2) is 9.97 Å². The molecule has 16 heavy (non-hydrogen) atoms. The van der Waals surface area contributed by atoms with Gasteiger partial charge < -0.3 is 10.6 Å². The third-order valence-corrected chi connectivity index (χ3v) is 3.53. The van der Waals surface area contributed by atoms with Gasteiger partial charge in [0.15, 0.2) is 0 Å². The number of hydrogen-bond donors (Lipinski definition) is 1. The van der Waals surface area contributed by atoms with Crippen molar-refractivity contribution in [2.45, 2.75) is 20.3 Å². The van der Waals surface area contributed by atoms with Gasteiger partial charge >= 0.3 is 0 Å². The van der Waals surface area contributed by atoms with E-state index in [0.717, 1.165) is 37.1 Å². The van der Waals surface area contributed by atoms with E-state index in [1.54, 1.807) is 6.33 Å². The summed E-state index contributed by atoms with van der Waals surface area (Å²) in [5, 5.41) is 0. The van der Waals surface area contributed by atoms with Gasteiger partial charge in [-0.1, -0.05) is 6.92 Å². The first-order valence-electron chi connectivity index (χ1n) is 5.94. The molecule has 2 heterocycles. The molecule has 1 aromatic rings. The molecule has 4 heteroatoms. The number of rotatable bonds is 2. The Labute approximate surface area is 96.9 Å². The van der Waals surface area contributed by atoms with Gasteiger partial charge in [0.05, 0.1) is 0 Å². The standard InChI is InChI=1S/C12H20N4/c1-9-3-4-16(7-11(9)6-13)12-5-10(2)14-8-15-12/h5,8-9,11H,3-4,6-7,13H2,1-2H3. The molecule has 0 bridgehead atoms. The third kappa shape index (κ3) is 2.32. The first kappa shape index (κ1) is 11.3. The van der Waals surface area contributed by atoms with Crippen molar-refractivity contribution in [2.24, 2.45) is 17.6 Å². The Morgan fingerprint density at radius 2 is 2.31 bits per heavy atom. The van der Waals surface area contributed by atoms with Gasteiger partial charge in [0.25, 0.3) is 0 Å². The molecule has 2 rings (SSSR count). The van der Waals surface area contributed by atoms with Crippen molar-refractivity contribution in [3.8, 4) is 0 Å². The second-order valence-corrected chi connectivity index (χ2v) is 4.73. The summed E-state index contributed by atoms with van der Waals surface area (Å²) in [4.78, 5) is 10.8. The fourth-order valence-electron chi connectivity index (χ4n) is 2.28. The van der Waals surface area contributed by atoms with Crippen molar-refractivity contribution >= 4 is 5.82 Å². The van der Waals surface area contributed by atoms with E-state index in [1.807, 2.05) is 13.0 Å². The van der Waals surface area contributed by atoms with Crippen molar-refractivity contribution in [1.29, 1.82) is 0 Å². The van der Waals surface area contributed by atoms with Crippen molar-refractivity contribution < 1.29 is 0 Å². The molecule has 2 unspecified atom stereocenters. The van der Waals surface area contributed by atoms with E-state index < -0.39 is 0 Å². The fourth-order valence-corrected chi connectivity index (χ4v) is 2.28. The molecule has 1 aliphatic rings. The van der Waals surface area contributed by atoms with Gasteiger partial charge in [-0.2, -0.15) is 0 Å². The minimum Gasteiger partial charge on any atom is -0.356 e. The van der Waals surface area contributed by atoms with Crippen LogP contribution in [0.15, 0.2) is 12.4 Å². The summed E-state index contributed by atoms with van der Waals surface area (Å²) in [6.07, 6.45) is 2.84. The normalized spacial score (nSPS) is 25.8. The number of aryl methyl sites for hydroxylation is 1. The van der Waals surface area contributed by atoms with Crippen LogP contribution in [-0.2, 0) is 0 Å². The average Bonchev–Trinajstić information content (AvgIpc) is 2.29. The number of piperidine rings is 1. The summed E-state index contributed by atoms with van der Waals surface area (Å²) in [6, 6.07) is 2.05. The summed E-state index contributed by atoms with van der Waals surface area (Å²) < 4.78 is 0. The molecule has 0 radical (unpaired) electrons. The summed E-state index contributed by atoms with van der Waals surface area (Å²) in [6.45, 7) is 7.15. The number of nitrogens with zero attached hydrogens (tertiary/aromatic N) is 3. The Morgan fingerprint density at radius 3 is 3.00 bits per heavy atom. The lowest BCUT2D eigenvalue weighted by Gasteiger charge is -2.37. The predicted octanol–water partition coefficient (Wildman–Crippen LogP) is 1.21. The lowest BCUT2D eigenvalue weighted by Crippen LogP contribution is -2.43. The summed E-state index contributed by atoms with van der Waals surface area (Å²) in [7, 11) is 0. The monoisotopic (exact) mass is 220 g/mol. The van der Waals surface area contributed by atoms with E-state index in [4.69, 9.17) is 5.73 Å². The second kappa shape index (κ2) is 4.78. The lowest BCUT2D eigenvalue weighted by atomic mass is 9.87. The highest BCUT2D eigenvalue weighted by Gasteiger charge is 2.25. The SMILES string of the molecule is Cc1cc(N2CCC(C)C(CN)C2)ncn1. The fraction of sp³-hybridized carbons (Fsp3) is 0.667. The van der Waals surface area contributed by atoms with Crippen LogP contribution in [0.2, 0.25) is 0 Å². The molecule has 0 spiro atoms. The highest BCUT2D eigenvalue weighted by molar-refractivity contribution is 5.39. The van der Waals surface area contributed by atoms with E-state index in [-0.39, 0.29) is 0 Å². The van der Waals surface area contributed by atoms with Crippen molar-refractivity contribution in [3.05, 3.63) is 18.1 Å². The Morgan fingerprint density at radius 1 is 1.50 bits per heavy atom. The topological polar surface area (TPSA) is 55.0 Å². The summed E-state index contributed by atoms with van der Waals surface area (Å²) in [5.41, 5.74) is 6.83. The zero-order chi connectivity index (χ0) is 11.5. The van der Waals surface area contributed by atoms with Gasteiger partial charge in [0.1, 0.15) is 12.1 Å². The van der Waals surface area contributed by atoms with Crippen LogP contribution in [0.3, 0.4) is 0 Å². The highest BCUT2D eigenvalue weighted by Crippen LogP contribution is 2.25. The third-order valence-electron chi connectivity index (χ3n) is 3.53. The zero-order valence-electron chi connectivity index (χ0n) is 10.1. The van der Waals surface area contributed by atoms with Gasteiger partial charge in [0, 0.05) is 24.8 Å². The van der Waals surface area contributed by atoms with Crippen molar-refractivity contribution in [3.63, 3.8) is 0 Å². The molecule has 1 aliphatic heterocycles. The molecule has 0 amide bonds. The second-order valence-electron chi connectivity index (χ2n) is 4.73. The van der Waals surface area contributed by atoms with Crippen molar-refractivity contribution in [2.75, 3.05) is 24.5 Å². The van der Waals surface area contributed by atoms with Crippen LogP contribution in [0.1, 0.15) is 19.0 Å². The maximum Gasteiger partial charge on any atom is 0.132 e. The van der Waals surface area contributed by atoms with Gasteiger partial charge in [0.2, 0.25) is 0 Å². The molecule has 2 atom stereocenters. The zero-order valence-corrected chi connectivity index (χ0v) is 10.1. The smallest absolute Gasteiger partial charge is 0.132 e. The maximum atomic E-state index is 5.80. The van der Waals surface area contributed by atoms with Crippen LogP contribution in [0.4, 0.5) is 5.82 Å². The Hall–Kier alpha value is -1.16. The Kier molecular flexibility index (Phi) is 3.39. The number of hydrogen-bond acceptors (Lipinski definition) is 4. The largest absolute Gasteiger partial charge is 0.356 e. The quantitative estimate of drug-likeness (QED) is 0.814. The molecular weight excluding hydrogens is 200 g/mol. The van der Waals surface area contributed by atoms with E-state index >= 15 is 0 Å². The van der Waals surface area contributed by atoms with Crippen LogP contribution < -0.4 is 10.6 Å². The minimum absolute atomic E-state index is 0.587. The van der Waals surface area contributed by atoms with Crippen molar-refractivity contribution in [1.82, 2.24) is 9.97 Å². The molecule has 2 N–H and O–H groups in total. The molecule has 1 fully saturated rings. The first-order valence-corrected chi connectivity index (χ1v) is 5.94. The van der Waals surface area contributed by atoms with Gasteiger partial charge in [-0.3, -0.25) is 0 Å². The maximum absolute atomic E-state index is 5.80. The molecule has 0 aromatic carbocycles. The van der Waals surface area contributed by atoms with Gasteiger partial charge in [-0.15, -0.1) is 0 Å². The molecule has 1 saturated heterocycles. The minimum atomic E-state index is 0.587. The molecule has 0 aliphatic carbocycles. The predicted molar refractivity (Wildman–Crippen MR) is 65.3 cm³/mol. The molecule has 4 nitrogen and oxygen atoms in total. The molecular formula is C12H20N4. The Balaban J connectivity index is 2.11. The summed E-state index contributed by atoms with van der Waals surface area (Å²) >= 11 is 0. The highest BCUT2D eigenvalue weighted by atomic mass is 15.2. The average molecular weight is 220 g/mol. The van der Waals surface area contributed by atoms with Crippen LogP contribution in [0, 0.1) is 18.8 Å². The van der Waals surface area contributed by atoms with Crippen LogP contribution >= 0.6 is 0 Å². The van der Waals surface area contributed by atoms with E-state index in [1.165, 1.54) is 6.42 Å². The van der Waals surface area contributed by atoms with E-state index in [9.17, 15) is 0 Å². The summed E-state index contributed by atoms with van der Waals surface area (Å²) in [5.74, 6) is 2.35. The molecule has 88 valence electrons. The first-order chi connectivity index (χ1) is 7.70. The number of nitrogens with two attached hydrogens (primary N) is 1. The van der Waals surface area contributed by atoms with E-state index in [0.29, 0.717) is 5.92 Å². The lowest BCUT2D eigenvalue weighted by molar-refractivity contribution is 0.307. The molecule has 0 saturated carbocycles.